The first-order valence-corrected chi connectivity index (χ1v) is 5.88. The molecule has 0 spiro atoms. The van der Waals surface area contributed by atoms with Crippen LogP contribution in [-0.4, -0.2) is 10.9 Å². The van der Waals surface area contributed by atoms with Gasteiger partial charge in [-0.15, -0.1) is 0 Å². The molecule has 0 saturated carbocycles. The Hall–Kier alpha value is -2.50. The second-order valence-corrected chi connectivity index (χ2v) is 4.39. The Labute approximate surface area is 114 Å². The number of carbonyl (C=O) groups excluding carboxylic acids is 1. The van der Waals surface area contributed by atoms with Crippen molar-refractivity contribution in [2.45, 2.75) is 13.8 Å². The second-order valence-electron chi connectivity index (χ2n) is 4.39. The van der Waals surface area contributed by atoms with Gasteiger partial charge in [-0.25, -0.2) is 8.78 Å². The van der Waals surface area contributed by atoms with Gasteiger partial charge in [-0.1, -0.05) is 0 Å². The van der Waals surface area contributed by atoms with Gasteiger partial charge in [0, 0.05) is 11.3 Å². The van der Waals surface area contributed by atoms with Crippen LogP contribution in [0.1, 0.15) is 21.7 Å². The summed E-state index contributed by atoms with van der Waals surface area (Å²) in [5, 5.41) is 2.55. The van der Waals surface area contributed by atoms with E-state index >= 15 is 0 Å². The van der Waals surface area contributed by atoms with E-state index in [9.17, 15) is 13.6 Å². The van der Waals surface area contributed by atoms with E-state index in [-0.39, 0.29) is 5.56 Å². The molecule has 0 aliphatic carbocycles. The molecule has 104 valence electrons. The van der Waals surface area contributed by atoms with Gasteiger partial charge in [0.1, 0.15) is 17.3 Å². The summed E-state index contributed by atoms with van der Waals surface area (Å²) in [5.41, 5.74) is 6.32. The lowest BCUT2D eigenvalue weighted by Crippen LogP contribution is -2.14. The van der Waals surface area contributed by atoms with E-state index in [1.807, 2.05) is 6.92 Å². The summed E-state index contributed by atoms with van der Waals surface area (Å²) in [4.78, 5) is 16.1. The third-order valence-corrected chi connectivity index (χ3v) is 2.81. The van der Waals surface area contributed by atoms with Gasteiger partial charge in [0.2, 0.25) is 0 Å². The number of anilines is 2. The van der Waals surface area contributed by atoms with Crippen LogP contribution in [-0.2, 0) is 0 Å². The summed E-state index contributed by atoms with van der Waals surface area (Å²) in [6, 6.07) is 5.20. The molecule has 1 heterocycles. The number of rotatable bonds is 2. The molecule has 1 amide bonds. The Balaban J connectivity index is 2.28. The minimum Gasteiger partial charge on any atom is -0.394 e. The van der Waals surface area contributed by atoms with E-state index in [1.54, 1.807) is 19.1 Å². The highest BCUT2D eigenvalue weighted by Gasteiger charge is 2.14. The Kier molecular flexibility index (Phi) is 3.65. The van der Waals surface area contributed by atoms with Crippen molar-refractivity contribution in [2.75, 3.05) is 11.1 Å². The smallest absolute Gasteiger partial charge is 0.255 e. The van der Waals surface area contributed by atoms with Gasteiger partial charge in [0.15, 0.2) is 0 Å². The zero-order valence-electron chi connectivity index (χ0n) is 11.0. The molecule has 3 N–H and O–H groups in total. The highest BCUT2D eigenvalue weighted by molar-refractivity contribution is 6.04. The maximum atomic E-state index is 13.3. The molecule has 0 bridgehead atoms. The molecule has 0 fully saturated rings. The lowest BCUT2D eigenvalue weighted by Gasteiger charge is -2.09. The molecule has 0 radical (unpaired) electrons. The number of aromatic nitrogens is 1. The van der Waals surface area contributed by atoms with Crippen LogP contribution in [0.5, 0.6) is 0 Å². The molecule has 4 nitrogen and oxygen atoms in total. The molecule has 2 aromatic rings. The number of nitrogens with two attached hydrogens (primary N) is 1. The number of halogens is 2. The van der Waals surface area contributed by atoms with Gasteiger partial charge < -0.3 is 11.1 Å². The van der Waals surface area contributed by atoms with E-state index in [1.165, 1.54) is 0 Å². The summed E-state index contributed by atoms with van der Waals surface area (Å²) in [6.45, 7) is 3.55. The van der Waals surface area contributed by atoms with Crippen molar-refractivity contribution in [1.29, 1.82) is 0 Å². The fraction of sp³-hybridized carbons (Fsp3) is 0.143. The number of nitrogens with zero attached hydrogens (tertiary/aromatic N) is 1. The van der Waals surface area contributed by atoms with Crippen molar-refractivity contribution < 1.29 is 13.6 Å². The number of pyridine rings is 1. The topological polar surface area (TPSA) is 68.0 Å². The monoisotopic (exact) mass is 277 g/mol. The van der Waals surface area contributed by atoms with Crippen LogP contribution in [0.4, 0.5) is 20.2 Å². The number of hydrogen-bond donors (Lipinski definition) is 2. The number of nitrogens with one attached hydrogen (secondary N) is 1. The number of carbonyl (C=O) groups is 1. The standard InChI is InChI=1S/C14H13F2N3O/c1-7-3-4-12(8(2)18-7)19-14(20)9-5-10(15)13(17)11(16)6-9/h3-6H,17H2,1-2H3,(H,19,20). The minimum absolute atomic E-state index is 0.144. The summed E-state index contributed by atoms with van der Waals surface area (Å²) < 4.78 is 26.6. The fourth-order valence-corrected chi connectivity index (χ4v) is 1.73. The van der Waals surface area contributed by atoms with Gasteiger partial charge in [0.25, 0.3) is 5.91 Å². The Morgan fingerprint density at radius 2 is 1.80 bits per heavy atom. The first kappa shape index (κ1) is 13.9. The van der Waals surface area contributed by atoms with Crippen LogP contribution in [0.15, 0.2) is 24.3 Å². The lowest BCUT2D eigenvalue weighted by molar-refractivity contribution is 0.102. The molecule has 0 aliphatic heterocycles. The highest BCUT2D eigenvalue weighted by atomic mass is 19.1. The maximum absolute atomic E-state index is 13.3. The fourth-order valence-electron chi connectivity index (χ4n) is 1.73. The Bertz CT molecular complexity index is 663. The summed E-state index contributed by atoms with van der Waals surface area (Å²) >= 11 is 0. The number of aryl methyl sites for hydroxylation is 2. The third-order valence-electron chi connectivity index (χ3n) is 2.81. The molecule has 2 rings (SSSR count). The largest absolute Gasteiger partial charge is 0.394 e. The van der Waals surface area contributed by atoms with Gasteiger partial charge >= 0.3 is 0 Å². The van der Waals surface area contributed by atoms with Gasteiger partial charge in [-0.3, -0.25) is 9.78 Å². The summed E-state index contributed by atoms with van der Waals surface area (Å²) in [5.74, 6) is -2.56. The number of hydrogen-bond acceptors (Lipinski definition) is 3. The van der Waals surface area contributed by atoms with Crippen molar-refractivity contribution >= 4 is 17.3 Å². The van der Waals surface area contributed by atoms with Crippen LogP contribution in [0.3, 0.4) is 0 Å². The zero-order valence-corrected chi connectivity index (χ0v) is 11.0. The first-order chi connectivity index (χ1) is 9.38. The van der Waals surface area contributed by atoms with Crippen LogP contribution in [0, 0.1) is 25.5 Å². The zero-order chi connectivity index (χ0) is 14.9. The molecule has 20 heavy (non-hydrogen) atoms. The van der Waals surface area contributed by atoms with Crippen LogP contribution in [0.2, 0.25) is 0 Å². The predicted octanol–water partition coefficient (Wildman–Crippen LogP) is 2.81. The molecular weight excluding hydrogens is 264 g/mol. The molecule has 1 aromatic carbocycles. The quantitative estimate of drug-likeness (QED) is 0.829. The van der Waals surface area contributed by atoms with Crippen LogP contribution < -0.4 is 11.1 Å². The third kappa shape index (κ3) is 2.74. The van der Waals surface area contributed by atoms with Crippen molar-refractivity contribution in [3.63, 3.8) is 0 Å². The molecule has 0 saturated heterocycles. The molecule has 0 aliphatic rings. The molecular formula is C14H13F2N3O. The Morgan fingerprint density at radius 3 is 2.35 bits per heavy atom. The van der Waals surface area contributed by atoms with Gasteiger partial charge in [0.05, 0.1) is 11.4 Å². The van der Waals surface area contributed by atoms with E-state index in [2.05, 4.69) is 10.3 Å². The van der Waals surface area contributed by atoms with Gasteiger partial charge in [-0.2, -0.15) is 0 Å². The maximum Gasteiger partial charge on any atom is 0.255 e. The van der Waals surface area contributed by atoms with Crippen LogP contribution in [0.25, 0.3) is 0 Å². The second kappa shape index (κ2) is 5.24. The molecule has 0 unspecified atom stereocenters. The van der Waals surface area contributed by atoms with Crippen molar-refractivity contribution in [3.8, 4) is 0 Å². The van der Waals surface area contributed by atoms with E-state index in [4.69, 9.17) is 5.73 Å². The molecule has 1 aromatic heterocycles. The van der Waals surface area contributed by atoms with Crippen LogP contribution >= 0.6 is 0 Å². The van der Waals surface area contributed by atoms with Crippen molar-refractivity contribution in [1.82, 2.24) is 4.98 Å². The normalized spacial score (nSPS) is 10.4. The highest BCUT2D eigenvalue weighted by Crippen LogP contribution is 2.19. The van der Waals surface area contributed by atoms with E-state index < -0.39 is 23.2 Å². The first-order valence-electron chi connectivity index (χ1n) is 5.88. The van der Waals surface area contributed by atoms with E-state index in [0.29, 0.717) is 11.4 Å². The summed E-state index contributed by atoms with van der Waals surface area (Å²) in [7, 11) is 0. The minimum atomic E-state index is -0.964. The molecule has 0 atom stereocenters. The number of nitrogen functional groups attached to an aromatic ring is 1. The molecule has 6 heteroatoms. The van der Waals surface area contributed by atoms with Crippen molar-refractivity contribution in [2.24, 2.45) is 0 Å². The number of benzene rings is 1. The SMILES string of the molecule is Cc1ccc(NC(=O)c2cc(F)c(N)c(F)c2)c(C)n1. The average molecular weight is 277 g/mol. The Morgan fingerprint density at radius 1 is 1.20 bits per heavy atom. The van der Waals surface area contributed by atoms with E-state index in [0.717, 1.165) is 17.8 Å². The average Bonchev–Trinajstić information content (AvgIpc) is 2.38. The van der Waals surface area contributed by atoms with Gasteiger partial charge in [-0.05, 0) is 38.1 Å². The lowest BCUT2D eigenvalue weighted by atomic mass is 10.1. The predicted molar refractivity (Wildman–Crippen MR) is 72.4 cm³/mol. The summed E-state index contributed by atoms with van der Waals surface area (Å²) in [6.07, 6.45) is 0. The number of amides is 1. The van der Waals surface area contributed by atoms with Crippen molar-refractivity contribution in [3.05, 3.63) is 52.9 Å².